The van der Waals surface area contributed by atoms with Gasteiger partial charge in [-0.25, -0.2) is 17.8 Å². The van der Waals surface area contributed by atoms with E-state index in [2.05, 4.69) is 4.98 Å². The third-order valence-corrected chi connectivity index (χ3v) is 7.25. The molecule has 1 aliphatic heterocycles. The first-order valence-electron chi connectivity index (χ1n) is 7.32. The van der Waals surface area contributed by atoms with Gasteiger partial charge in [0.2, 0.25) is 0 Å². The lowest BCUT2D eigenvalue weighted by atomic mass is 10.0. The topological polar surface area (TPSA) is 87.6 Å². The van der Waals surface area contributed by atoms with Crippen molar-refractivity contribution in [3.8, 4) is 10.6 Å². The molecule has 2 aromatic rings. The lowest BCUT2D eigenvalue weighted by molar-refractivity contribution is -0.142. The van der Waals surface area contributed by atoms with E-state index in [-0.39, 0.29) is 16.6 Å². The number of benzene rings is 1. The summed E-state index contributed by atoms with van der Waals surface area (Å²) in [6.07, 6.45) is 2.26. The average Bonchev–Trinajstić information content (AvgIpc) is 3.06. The Labute approximate surface area is 142 Å². The smallest absolute Gasteiger partial charge is 0.307 e. The number of carboxylic acid groups (broad SMARTS) is 1. The summed E-state index contributed by atoms with van der Waals surface area (Å²) in [4.78, 5) is 15.2. The van der Waals surface area contributed by atoms with Crippen LogP contribution in [0.5, 0.6) is 0 Å². The minimum absolute atomic E-state index is 0.0263. The molecule has 0 spiro atoms. The zero-order valence-electron chi connectivity index (χ0n) is 12.6. The summed E-state index contributed by atoms with van der Waals surface area (Å²) in [5, 5.41) is 9.58. The van der Waals surface area contributed by atoms with Crippen LogP contribution in [-0.2, 0) is 14.8 Å². The molecule has 0 saturated carbocycles. The van der Waals surface area contributed by atoms with E-state index in [9.17, 15) is 17.6 Å². The van der Waals surface area contributed by atoms with Crippen molar-refractivity contribution in [2.75, 3.05) is 13.1 Å². The Morgan fingerprint density at radius 3 is 2.71 bits per heavy atom. The first-order valence-corrected chi connectivity index (χ1v) is 9.58. The van der Waals surface area contributed by atoms with Crippen LogP contribution in [0.15, 0.2) is 34.7 Å². The lowest BCUT2D eigenvalue weighted by Gasteiger charge is -2.29. The van der Waals surface area contributed by atoms with Crippen LogP contribution in [0.4, 0.5) is 4.39 Å². The number of hydrogen-bond acceptors (Lipinski definition) is 5. The number of carbonyl (C=O) groups is 1. The maximum absolute atomic E-state index is 13.0. The number of halogens is 1. The molecule has 1 aromatic heterocycles. The normalized spacial score (nSPS) is 19.3. The van der Waals surface area contributed by atoms with Crippen molar-refractivity contribution in [3.05, 3.63) is 36.3 Å². The number of carboxylic acids is 1. The van der Waals surface area contributed by atoms with Crippen molar-refractivity contribution < 1.29 is 22.7 Å². The maximum atomic E-state index is 13.0. The second-order valence-corrected chi connectivity index (χ2v) is 8.73. The summed E-state index contributed by atoms with van der Waals surface area (Å²) in [6.45, 7) is 0.275. The molecular formula is C15H15FN2O4S2. The van der Waals surface area contributed by atoms with Crippen LogP contribution in [0.3, 0.4) is 0 Å². The van der Waals surface area contributed by atoms with Gasteiger partial charge in [-0.1, -0.05) is 0 Å². The van der Waals surface area contributed by atoms with Gasteiger partial charge in [0, 0.05) is 18.7 Å². The maximum Gasteiger partial charge on any atom is 0.307 e. The number of aliphatic carboxylic acids is 1. The predicted molar refractivity (Wildman–Crippen MR) is 86.6 cm³/mol. The van der Waals surface area contributed by atoms with Crippen LogP contribution in [0, 0.1) is 11.7 Å². The van der Waals surface area contributed by atoms with Gasteiger partial charge in [0.15, 0.2) is 4.21 Å². The van der Waals surface area contributed by atoms with E-state index in [0.717, 1.165) is 11.3 Å². The largest absolute Gasteiger partial charge is 0.481 e. The zero-order chi connectivity index (χ0) is 17.3. The van der Waals surface area contributed by atoms with E-state index in [0.29, 0.717) is 30.0 Å². The highest BCUT2D eigenvalue weighted by Crippen LogP contribution is 2.31. The highest BCUT2D eigenvalue weighted by atomic mass is 32.2. The van der Waals surface area contributed by atoms with E-state index in [1.165, 1.54) is 34.8 Å². The average molecular weight is 370 g/mol. The molecule has 0 amide bonds. The Morgan fingerprint density at radius 2 is 2.04 bits per heavy atom. The fraction of sp³-hybridized carbons (Fsp3) is 0.333. The summed E-state index contributed by atoms with van der Waals surface area (Å²) in [5.74, 6) is -2.04. The molecule has 2 heterocycles. The number of thiazole rings is 1. The van der Waals surface area contributed by atoms with Gasteiger partial charge in [0.1, 0.15) is 10.8 Å². The Kier molecular flexibility index (Phi) is 4.66. The number of piperidine rings is 1. The number of aromatic nitrogens is 1. The van der Waals surface area contributed by atoms with Gasteiger partial charge in [-0.2, -0.15) is 4.31 Å². The van der Waals surface area contributed by atoms with Gasteiger partial charge in [0.05, 0.1) is 12.1 Å². The van der Waals surface area contributed by atoms with E-state index in [4.69, 9.17) is 5.11 Å². The van der Waals surface area contributed by atoms with E-state index in [1.807, 2.05) is 0 Å². The Bertz CT molecular complexity index is 849. The second kappa shape index (κ2) is 6.58. The molecule has 6 nitrogen and oxygen atoms in total. The summed E-state index contributed by atoms with van der Waals surface area (Å²) < 4.78 is 39.6. The molecule has 0 aliphatic carbocycles. The molecule has 3 rings (SSSR count). The van der Waals surface area contributed by atoms with Gasteiger partial charge in [-0.15, -0.1) is 11.3 Å². The van der Waals surface area contributed by atoms with Crippen LogP contribution < -0.4 is 0 Å². The molecule has 1 unspecified atom stereocenters. The molecule has 0 radical (unpaired) electrons. The summed E-state index contributed by atoms with van der Waals surface area (Å²) in [5.41, 5.74) is 0.630. The number of hydrogen-bond donors (Lipinski definition) is 1. The first-order chi connectivity index (χ1) is 11.4. The van der Waals surface area contributed by atoms with Crippen molar-refractivity contribution in [2.45, 2.75) is 17.1 Å². The second-order valence-electron chi connectivity index (χ2n) is 5.53. The van der Waals surface area contributed by atoms with Crippen molar-refractivity contribution in [3.63, 3.8) is 0 Å². The summed E-state index contributed by atoms with van der Waals surface area (Å²) in [7, 11) is -3.77. The minimum atomic E-state index is -3.77. The molecule has 1 aromatic carbocycles. The van der Waals surface area contributed by atoms with Crippen LogP contribution >= 0.6 is 11.3 Å². The van der Waals surface area contributed by atoms with Crippen molar-refractivity contribution in [1.29, 1.82) is 0 Å². The summed E-state index contributed by atoms with van der Waals surface area (Å²) in [6, 6.07) is 5.64. The highest BCUT2D eigenvalue weighted by Gasteiger charge is 2.34. The monoisotopic (exact) mass is 370 g/mol. The molecule has 1 aliphatic rings. The number of sulfonamides is 1. The Balaban J connectivity index is 1.85. The molecule has 1 fully saturated rings. The Morgan fingerprint density at radius 1 is 1.33 bits per heavy atom. The number of nitrogens with zero attached hydrogens (tertiary/aromatic N) is 2. The fourth-order valence-electron chi connectivity index (χ4n) is 2.59. The fourth-order valence-corrected chi connectivity index (χ4v) is 5.41. The van der Waals surface area contributed by atoms with Crippen LogP contribution in [0.2, 0.25) is 0 Å². The van der Waals surface area contributed by atoms with Crippen molar-refractivity contribution in [2.24, 2.45) is 5.92 Å². The molecule has 1 N–H and O–H groups in total. The van der Waals surface area contributed by atoms with Crippen LogP contribution in [-0.4, -0.2) is 41.9 Å². The van der Waals surface area contributed by atoms with E-state index < -0.39 is 21.9 Å². The van der Waals surface area contributed by atoms with Gasteiger partial charge >= 0.3 is 5.97 Å². The quantitative estimate of drug-likeness (QED) is 0.893. The minimum Gasteiger partial charge on any atom is -0.481 e. The SMILES string of the molecule is O=C(O)C1CCCN(S(=O)(=O)c2cnc(-c3ccc(F)cc3)s2)C1. The molecule has 1 saturated heterocycles. The molecule has 9 heteroatoms. The highest BCUT2D eigenvalue weighted by molar-refractivity contribution is 7.91. The molecular weight excluding hydrogens is 355 g/mol. The summed E-state index contributed by atoms with van der Waals surface area (Å²) >= 11 is 0.991. The molecule has 128 valence electrons. The van der Waals surface area contributed by atoms with Gasteiger partial charge < -0.3 is 5.11 Å². The van der Waals surface area contributed by atoms with E-state index in [1.54, 1.807) is 0 Å². The number of rotatable bonds is 4. The van der Waals surface area contributed by atoms with Gasteiger partial charge in [-0.05, 0) is 37.1 Å². The van der Waals surface area contributed by atoms with Crippen molar-refractivity contribution >= 4 is 27.3 Å². The van der Waals surface area contributed by atoms with Crippen LogP contribution in [0.25, 0.3) is 10.6 Å². The van der Waals surface area contributed by atoms with Gasteiger partial charge in [-0.3, -0.25) is 4.79 Å². The lowest BCUT2D eigenvalue weighted by Crippen LogP contribution is -2.42. The Hall–Kier alpha value is -1.84. The third-order valence-electron chi connectivity index (χ3n) is 3.90. The molecule has 0 bridgehead atoms. The third kappa shape index (κ3) is 3.33. The van der Waals surface area contributed by atoms with Crippen molar-refractivity contribution in [1.82, 2.24) is 9.29 Å². The standard InChI is InChI=1S/C15H15FN2O4S2/c16-12-5-3-10(4-6-12)14-17-8-13(23-14)24(21,22)18-7-1-2-11(9-18)15(19)20/h3-6,8,11H,1-2,7,9H2,(H,19,20). The first kappa shape index (κ1) is 17.0. The zero-order valence-corrected chi connectivity index (χ0v) is 14.2. The van der Waals surface area contributed by atoms with Gasteiger partial charge in [0.25, 0.3) is 10.0 Å². The van der Waals surface area contributed by atoms with E-state index >= 15 is 0 Å². The molecule has 24 heavy (non-hydrogen) atoms. The predicted octanol–water partition coefficient (Wildman–Crippen LogP) is 2.43. The van der Waals surface area contributed by atoms with Crippen LogP contribution in [0.1, 0.15) is 12.8 Å². The molecule has 1 atom stereocenters.